The fourth-order valence-corrected chi connectivity index (χ4v) is 1.65. The van der Waals surface area contributed by atoms with Crippen LogP contribution in [0.2, 0.25) is 0 Å². The molecule has 11 heavy (non-hydrogen) atoms. The average molecular weight is 269 g/mol. The first-order valence-corrected chi connectivity index (χ1v) is 5.17. The van der Waals surface area contributed by atoms with Crippen LogP contribution in [0.3, 0.4) is 0 Å². The van der Waals surface area contributed by atoms with E-state index >= 15 is 0 Å². The summed E-state index contributed by atoms with van der Waals surface area (Å²) >= 11 is 1.96. The molecule has 2 nitrogen and oxygen atoms in total. The second kappa shape index (κ2) is 5.32. The van der Waals surface area contributed by atoms with Gasteiger partial charge in [-0.15, -0.1) is 0 Å². The van der Waals surface area contributed by atoms with Gasteiger partial charge in [-0.2, -0.15) is 0 Å². The monoisotopic (exact) mass is 269 g/mol. The molecule has 0 bridgehead atoms. The van der Waals surface area contributed by atoms with Gasteiger partial charge >= 0.3 is 0 Å². The number of likely N-dealkylation sites (tertiary alicyclic amines) is 1. The van der Waals surface area contributed by atoms with Crippen LogP contribution in [-0.2, 0) is 3.07 Å². The van der Waals surface area contributed by atoms with Crippen molar-refractivity contribution in [2.45, 2.75) is 19.8 Å². The highest BCUT2D eigenvalue weighted by molar-refractivity contribution is 14.1. The molecule has 1 saturated heterocycles. The molecule has 66 valence electrons. The Morgan fingerprint density at radius 3 is 2.64 bits per heavy atom. The third kappa shape index (κ3) is 3.71. The summed E-state index contributed by atoms with van der Waals surface area (Å²) in [7, 11) is 0. The molecule has 0 spiro atoms. The van der Waals surface area contributed by atoms with Crippen molar-refractivity contribution in [3.63, 3.8) is 0 Å². The van der Waals surface area contributed by atoms with E-state index < -0.39 is 0 Å². The van der Waals surface area contributed by atoms with Crippen LogP contribution in [0.15, 0.2) is 0 Å². The Kier molecular flexibility index (Phi) is 4.71. The predicted molar refractivity (Wildman–Crippen MR) is 54.8 cm³/mol. The molecule has 1 rings (SSSR count). The van der Waals surface area contributed by atoms with Gasteiger partial charge in [0.25, 0.3) is 0 Å². The van der Waals surface area contributed by atoms with Gasteiger partial charge in [0.2, 0.25) is 0 Å². The molecule has 0 aliphatic carbocycles. The summed E-state index contributed by atoms with van der Waals surface area (Å²) in [5.41, 5.74) is 0. The van der Waals surface area contributed by atoms with E-state index in [9.17, 15) is 0 Å². The summed E-state index contributed by atoms with van der Waals surface area (Å²) in [6.45, 7) is 6.85. The smallest absolute Gasteiger partial charge is 0.109 e. The highest BCUT2D eigenvalue weighted by atomic mass is 127. The topological polar surface area (TPSA) is 12.5 Å². The summed E-state index contributed by atoms with van der Waals surface area (Å²) in [5, 5.41) is 0. The van der Waals surface area contributed by atoms with Gasteiger partial charge in [-0.05, 0) is 31.8 Å². The van der Waals surface area contributed by atoms with E-state index in [0.29, 0.717) is 0 Å². The molecule has 0 unspecified atom stereocenters. The van der Waals surface area contributed by atoms with E-state index in [1.165, 1.54) is 25.9 Å². The lowest BCUT2D eigenvalue weighted by Crippen LogP contribution is -2.34. The summed E-state index contributed by atoms with van der Waals surface area (Å²) in [4.78, 5) is 2.48. The minimum Gasteiger partial charge on any atom is -0.314 e. The van der Waals surface area contributed by atoms with E-state index in [1.807, 2.05) is 23.0 Å². The van der Waals surface area contributed by atoms with Crippen molar-refractivity contribution >= 4 is 23.0 Å². The molecular formula is C8H16INO. The van der Waals surface area contributed by atoms with Gasteiger partial charge in [0.15, 0.2) is 0 Å². The minimum atomic E-state index is 0.870. The van der Waals surface area contributed by atoms with Crippen molar-refractivity contribution < 1.29 is 3.07 Å². The Balaban J connectivity index is 2.07. The van der Waals surface area contributed by atoms with Gasteiger partial charge < -0.3 is 7.97 Å². The molecular weight excluding hydrogens is 253 g/mol. The number of nitrogens with zero attached hydrogens (tertiary/aromatic N) is 1. The number of halogens is 1. The number of piperidine rings is 1. The molecule has 3 heteroatoms. The first kappa shape index (κ1) is 9.74. The maximum Gasteiger partial charge on any atom is 0.109 e. The first-order valence-electron chi connectivity index (χ1n) is 4.29. The van der Waals surface area contributed by atoms with Crippen LogP contribution in [0.25, 0.3) is 0 Å². The quantitative estimate of drug-likeness (QED) is 0.727. The lowest BCUT2D eigenvalue weighted by Gasteiger charge is -2.29. The van der Waals surface area contributed by atoms with Crippen molar-refractivity contribution in [3.05, 3.63) is 0 Å². The zero-order chi connectivity index (χ0) is 8.10. The van der Waals surface area contributed by atoms with E-state index in [1.54, 1.807) is 0 Å². The van der Waals surface area contributed by atoms with Gasteiger partial charge in [-0.25, -0.2) is 0 Å². The molecule has 0 aromatic rings. The zero-order valence-corrected chi connectivity index (χ0v) is 9.21. The summed E-state index contributed by atoms with van der Waals surface area (Å²) in [6.07, 6.45) is 2.72. The molecule has 1 heterocycles. The fraction of sp³-hybridized carbons (Fsp3) is 1.00. The van der Waals surface area contributed by atoms with Crippen LogP contribution < -0.4 is 0 Å². The average Bonchev–Trinajstić information content (AvgIpc) is 2.04. The molecule has 0 radical (unpaired) electrons. The number of hydrogen-bond acceptors (Lipinski definition) is 2. The van der Waals surface area contributed by atoms with Gasteiger partial charge in [0.1, 0.15) is 23.0 Å². The molecule has 1 fully saturated rings. The summed E-state index contributed by atoms with van der Waals surface area (Å²) in [5.74, 6) is 0.937. The fourth-order valence-electron chi connectivity index (χ4n) is 1.45. The van der Waals surface area contributed by atoms with Crippen LogP contribution >= 0.6 is 23.0 Å². The molecule has 1 aliphatic heterocycles. The van der Waals surface area contributed by atoms with Crippen molar-refractivity contribution in [3.8, 4) is 0 Å². The van der Waals surface area contributed by atoms with Gasteiger partial charge in [0.05, 0.1) is 6.61 Å². The predicted octanol–water partition coefficient (Wildman–Crippen LogP) is 2.08. The zero-order valence-electron chi connectivity index (χ0n) is 7.05. The van der Waals surface area contributed by atoms with E-state index in [4.69, 9.17) is 3.07 Å². The molecule has 0 N–H and O–H groups in total. The van der Waals surface area contributed by atoms with E-state index in [-0.39, 0.29) is 0 Å². The van der Waals surface area contributed by atoms with Gasteiger partial charge in [-0.3, -0.25) is 0 Å². The van der Waals surface area contributed by atoms with Crippen molar-refractivity contribution in [2.75, 3.05) is 26.2 Å². The summed E-state index contributed by atoms with van der Waals surface area (Å²) < 4.78 is 5.00. The van der Waals surface area contributed by atoms with Crippen LogP contribution in [-0.4, -0.2) is 31.1 Å². The first-order chi connectivity index (χ1) is 5.33. The van der Waals surface area contributed by atoms with Crippen molar-refractivity contribution in [2.24, 2.45) is 5.92 Å². The maximum absolute atomic E-state index is 5.00. The lowest BCUT2D eigenvalue weighted by atomic mass is 9.99. The Labute approximate surface area is 83.0 Å². The number of rotatable bonds is 3. The Bertz CT molecular complexity index is 99.5. The largest absolute Gasteiger partial charge is 0.314 e. The standard InChI is InChI=1S/C8H16INO/c1-8-2-4-10(5-3-8)6-7-11-9/h8H,2-7H2,1H3. The molecule has 0 saturated carbocycles. The molecule has 1 aliphatic rings. The highest BCUT2D eigenvalue weighted by Crippen LogP contribution is 2.15. The maximum atomic E-state index is 5.00. The second-order valence-corrected chi connectivity index (χ2v) is 3.96. The van der Waals surface area contributed by atoms with Gasteiger partial charge in [0, 0.05) is 6.54 Å². The van der Waals surface area contributed by atoms with Gasteiger partial charge in [-0.1, -0.05) is 6.92 Å². The molecule has 0 aromatic carbocycles. The highest BCUT2D eigenvalue weighted by Gasteiger charge is 2.14. The SMILES string of the molecule is CC1CCN(CCOI)CC1. The number of hydrogen-bond donors (Lipinski definition) is 0. The van der Waals surface area contributed by atoms with E-state index in [2.05, 4.69) is 11.8 Å². The lowest BCUT2D eigenvalue weighted by molar-refractivity contribution is 0.174. The van der Waals surface area contributed by atoms with Crippen LogP contribution in [0.4, 0.5) is 0 Å². The van der Waals surface area contributed by atoms with Crippen LogP contribution in [0.1, 0.15) is 19.8 Å². The Morgan fingerprint density at radius 1 is 1.45 bits per heavy atom. The van der Waals surface area contributed by atoms with Crippen LogP contribution in [0, 0.1) is 5.92 Å². The minimum absolute atomic E-state index is 0.870. The Morgan fingerprint density at radius 2 is 2.09 bits per heavy atom. The van der Waals surface area contributed by atoms with E-state index in [0.717, 1.165) is 19.1 Å². The normalized spacial score (nSPS) is 22.4. The molecule has 0 aromatic heterocycles. The molecule has 0 amide bonds. The third-order valence-corrected chi connectivity index (χ3v) is 2.80. The second-order valence-electron chi connectivity index (χ2n) is 3.34. The summed E-state index contributed by atoms with van der Waals surface area (Å²) in [6, 6.07) is 0. The van der Waals surface area contributed by atoms with Crippen molar-refractivity contribution in [1.82, 2.24) is 4.90 Å². The third-order valence-electron chi connectivity index (χ3n) is 2.36. The Hall–Kier alpha value is 0.650. The van der Waals surface area contributed by atoms with Crippen LogP contribution in [0.5, 0.6) is 0 Å². The van der Waals surface area contributed by atoms with Crippen molar-refractivity contribution in [1.29, 1.82) is 0 Å². The molecule has 0 atom stereocenters.